The Bertz CT molecular complexity index is 496. The van der Waals surface area contributed by atoms with Crippen LogP contribution in [0, 0.1) is 0 Å². The minimum atomic E-state index is 0.697. The molecular formula is C18H24N2O. The summed E-state index contributed by atoms with van der Waals surface area (Å²) in [4.78, 5) is 4.02. The molecule has 1 aromatic carbocycles. The van der Waals surface area contributed by atoms with Gasteiger partial charge in [-0.2, -0.15) is 0 Å². The highest BCUT2D eigenvalue weighted by atomic mass is 16.5. The fraction of sp³-hybridized carbons (Fsp3) is 0.389. The molecule has 2 aromatic rings. The number of hydrogen-bond acceptors (Lipinski definition) is 3. The molecule has 0 amide bonds. The van der Waals surface area contributed by atoms with Gasteiger partial charge in [0.15, 0.2) is 0 Å². The van der Waals surface area contributed by atoms with Crippen molar-refractivity contribution in [2.24, 2.45) is 0 Å². The molecule has 0 aliphatic rings. The minimum Gasteiger partial charge on any atom is -0.377 e. The van der Waals surface area contributed by atoms with Crippen LogP contribution in [0.25, 0.3) is 0 Å². The largest absolute Gasteiger partial charge is 0.377 e. The van der Waals surface area contributed by atoms with Crippen molar-refractivity contribution in [3.63, 3.8) is 0 Å². The standard InChI is InChI=1S/C18H24N2O/c1-19-11-8-17-4-6-18(7-5-17)15-21-14-2-3-16-9-12-20-13-10-16/h4-7,9-10,12-13,19H,2-3,8,11,14-15H2,1H3. The molecule has 0 aliphatic heterocycles. The fourth-order valence-corrected chi connectivity index (χ4v) is 2.19. The van der Waals surface area contributed by atoms with Crippen molar-refractivity contribution < 1.29 is 4.74 Å². The van der Waals surface area contributed by atoms with Crippen LogP contribution in [0.1, 0.15) is 23.1 Å². The van der Waals surface area contributed by atoms with E-state index in [1.165, 1.54) is 16.7 Å². The second-order valence-corrected chi connectivity index (χ2v) is 5.18. The van der Waals surface area contributed by atoms with Crippen LogP contribution in [0.4, 0.5) is 0 Å². The Morgan fingerprint density at radius 2 is 1.57 bits per heavy atom. The minimum absolute atomic E-state index is 0.697. The molecule has 21 heavy (non-hydrogen) atoms. The van der Waals surface area contributed by atoms with Crippen LogP contribution in [0.5, 0.6) is 0 Å². The molecule has 3 heteroatoms. The molecule has 0 spiro atoms. The first kappa shape index (κ1) is 15.7. The van der Waals surface area contributed by atoms with Gasteiger partial charge >= 0.3 is 0 Å². The highest BCUT2D eigenvalue weighted by molar-refractivity contribution is 5.22. The molecule has 112 valence electrons. The first-order valence-electron chi connectivity index (χ1n) is 7.57. The van der Waals surface area contributed by atoms with E-state index in [-0.39, 0.29) is 0 Å². The van der Waals surface area contributed by atoms with E-state index in [2.05, 4.69) is 46.7 Å². The van der Waals surface area contributed by atoms with Gasteiger partial charge in [-0.1, -0.05) is 24.3 Å². The van der Waals surface area contributed by atoms with Crippen molar-refractivity contribution >= 4 is 0 Å². The number of pyridine rings is 1. The number of aromatic nitrogens is 1. The summed E-state index contributed by atoms with van der Waals surface area (Å²) in [5.74, 6) is 0. The van der Waals surface area contributed by atoms with Crippen LogP contribution in [0.15, 0.2) is 48.8 Å². The van der Waals surface area contributed by atoms with Crippen molar-refractivity contribution in [1.29, 1.82) is 0 Å². The normalized spacial score (nSPS) is 10.7. The second-order valence-electron chi connectivity index (χ2n) is 5.18. The summed E-state index contributed by atoms with van der Waals surface area (Å²) >= 11 is 0. The van der Waals surface area contributed by atoms with Gasteiger partial charge < -0.3 is 10.1 Å². The third-order valence-corrected chi connectivity index (χ3v) is 3.46. The van der Waals surface area contributed by atoms with Crippen molar-refractivity contribution in [2.45, 2.75) is 25.9 Å². The molecular weight excluding hydrogens is 260 g/mol. The van der Waals surface area contributed by atoms with E-state index < -0.39 is 0 Å². The molecule has 0 radical (unpaired) electrons. The van der Waals surface area contributed by atoms with Gasteiger partial charge in [-0.05, 0) is 61.7 Å². The average Bonchev–Trinajstić information content (AvgIpc) is 2.55. The van der Waals surface area contributed by atoms with Crippen LogP contribution >= 0.6 is 0 Å². The topological polar surface area (TPSA) is 34.1 Å². The molecule has 3 nitrogen and oxygen atoms in total. The lowest BCUT2D eigenvalue weighted by Crippen LogP contribution is -2.10. The van der Waals surface area contributed by atoms with Gasteiger partial charge in [0.25, 0.3) is 0 Å². The highest BCUT2D eigenvalue weighted by Crippen LogP contribution is 2.07. The van der Waals surface area contributed by atoms with E-state index in [0.29, 0.717) is 6.61 Å². The van der Waals surface area contributed by atoms with Crippen LogP contribution in [-0.4, -0.2) is 25.2 Å². The first-order valence-corrected chi connectivity index (χ1v) is 7.57. The third kappa shape index (κ3) is 6.06. The predicted molar refractivity (Wildman–Crippen MR) is 86.3 cm³/mol. The van der Waals surface area contributed by atoms with E-state index in [1.807, 2.05) is 19.4 Å². The molecule has 0 bridgehead atoms. The zero-order valence-electron chi connectivity index (χ0n) is 12.7. The zero-order chi connectivity index (χ0) is 14.8. The van der Waals surface area contributed by atoms with Gasteiger partial charge in [0.2, 0.25) is 0 Å². The summed E-state index contributed by atoms with van der Waals surface area (Å²) in [6.45, 7) is 2.51. The van der Waals surface area contributed by atoms with E-state index in [1.54, 1.807) is 0 Å². The van der Waals surface area contributed by atoms with Crippen molar-refractivity contribution in [1.82, 2.24) is 10.3 Å². The number of rotatable bonds is 9. The molecule has 0 atom stereocenters. The number of nitrogens with one attached hydrogen (secondary N) is 1. The Kier molecular flexibility index (Phi) is 6.92. The smallest absolute Gasteiger partial charge is 0.0716 e. The molecule has 1 aromatic heterocycles. The quantitative estimate of drug-likeness (QED) is 0.719. The van der Waals surface area contributed by atoms with Crippen molar-refractivity contribution in [3.8, 4) is 0 Å². The Hall–Kier alpha value is -1.71. The van der Waals surface area contributed by atoms with Gasteiger partial charge in [-0.15, -0.1) is 0 Å². The Morgan fingerprint density at radius 3 is 2.29 bits per heavy atom. The lowest BCUT2D eigenvalue weighted by atomic mass is 10.1. The molecule has 1 N–H and O–H groups in total. The van der Waals surface area contributed by atoms with Crippen LogP contribution in [-0.2, 0) is 24.2 Å². The lowest BCUT2D eigenvalue weighted by molar-refractivity contribution is 0.118. The SMILES string of the molecule is CNCCc1ccc(COCCCc2ccncc2)cc1. The average molecular weight is 284 g/mol. The third-order valence-electron chi connectivity index (χ3n) is 3.46. The molecule has 0 aliphatic carbocycles. The van der Waals surface area contributed by atoms with Gasteiger partial charge in [0, 0.05) is 19.0 Å². The lowest BCUT2D eigenvalue weighted by Gasteiger charge is -2.06. The van der Waals surface area contributed by atoms with E-state index >= 15 is 0 Å². The van der Waals surface area contributed by atoms with Crippen LogP contribution < -0.4 is 5.32 Å². The molecule has 0 saturated carbocycles. The van der Waals surface area contributed by atoms with Gasteiger partial charge in [0.1, 0.15) is 0 Å². The van der Waals surface area contributed by atoms with Gasteiger partial charge in [-0.25, -0.2) is 0 Å². The number of nitrogens with zero attached hydrogens (tertiary/aromatic N) is 1. The predicted octanol–water partition coefficient (Wildman–Crippen LogP) is 2.99. The number of benzene rings is 1. The van der Waals surface area contributed by atoms with E-state index in [9.17, 15) is 0 Å². The summed E-state index contributed by atoms with van der Waals surface area (Å²) in [6, 6.07) is 12.8. The first-order chi connectivity index (χ1) is 10.4. The van der Waals surface area contributed by atoms with Crippen LogP contribution in [0.2, 0.25) is 0 Å². The maximum absolute atomic E-state index is 5.73. The van der Waals surface area contributed by atoms with Crippen molar-refractivity contribution in [3.05, 3.63) is 65.5 Å². The number of aryl methyl sites for hydroxylation is 1. The van der Waals surface area contributed by atoms with Gasteiger partial charge in [0.05, 0.1) is 6.61 Å². The highest BCUT2D eigenvalue weighted by Gasteiger charge is 1.97. The number of likely N-dealkylation sites (N-methyl/N-ethyl adjacent to an activating group) is 1. The summed E-state index contributed by atoms with van der Waals surface area (Å²) in [5.41, 5.74) is 3.93. The molecule has 2 rings (SSSR count). The maximum atomic E-state index is 5.73. The summed E-state index contributed by atoms with van der Waals surface area (Å²) in [5, 5.41) is 3.16. The molecule has 0 unspecified atom stereocenters. The Morgan fingerprint density at radius 1 is 0.905 bits per heavy atom. The van der Waals surface area contributed by atoms with E-state index in [0.717, 1.165) is 32.4 Å². The number of ether oxygens (including phenoxy) is 1. The van der Waals surface area contributed by atoms with Gasteiger partial charge in [-0.3, -0.25) is 4.98 Å². The summed E-state index contributed by atoms with van der Waals surface area (Å²) in [6.07, 6.45) is 6.84. The molecule has 0 fully saturated rings. The summed E-state index contributed by atoms with van der Waals surface area (Å²) in [7, 11) is 1.98. The Labute approximate surface area is 127 Å². The molecule has 0 saturated heterocycles. The summed E-state index contributed by atoms with van der Waals surface area (Å²) < 4.78 is 5.73. The Balaban J connectivity index is 1.62. The monoisotopic (exact) mass is 284 g/mol. The number of hydrogen-bond donors (Lipinski definition) is 1. The second kappa shape index (κ2) is 9.27. The van der Waals surface area contributed by atoms with E-state index in [4.69, 9.17) is 4.74 Å². The van der Waals surface area contributed by atoms with Crippen LogP contribution in [0.3, 0.4) is 0 Å². The van der Waals surface area contributed by atoms with Crippen molar-refractivity contribution in [2.75, 3.05) is 20.2 Å². The fourth-order valence-electron chi connectivity index (χ4n) is 2.19. The zero-order valence-corrected chi connectivity index (χ0v) is 12.7. The maximum Gasteiger partial charge on any atom is 0.0716 e. The molecule has 1 heterocycles.